The lowest BCUT2D eigenvalue weighted by Gasteiger charge is -2.43. The van der Waals surface area contributed by atoms with E-state index in [1.54, 1.807) is 12.1 Å². The Labute approximate surface area is 236 Å². The Bertz CT molecular complexity index is 1440. The second-order valence-electron chi connectivity index (χ2n) is 12.1. The van der Waals surface area contributed by atoms with E-state index in [0.717, 1.165) is 43.9 Å². The highest BCUT2D eigenvalue weighted by Crippen LogP contribution is 2.45. The fourth-order valence-electron chi connectivity index (χ4n) is 7.57. The average molecular weight is 536 g/mol. The molecule has 3 aliphatic heterocycles. The lowest BCUT2D eigenvalue weighted by atomic mass is 9.86. The summed E-state index contributed by atoms with van der Waals surface area (Å²) in [5, 5.41) is 18.8. The summed E-state index contributed by atoms with van der Waals surface area (Å²) in [6.45, 7) is 4.94. The first-order valence-electron chi connectivity index (χ1n) is 14.7. The number of aromatic hydroxyl groups is 1. The summed E-state index contributed by atoms with van der Waals surface area (Å²) in [7, 11) is 0. The number of nitrogen functional groups attached to an aromatic ring is 1. The Kier molecular flexibility index (Phi) is 6.47. The molecule has 206 valence electrons. The van der Waals surface area contributed by atoms with Gasteiger partial charge in [-0.15, -0.1) is 10.2 Å². The molecule has 1 saturated carbocycles. The summed E-state index contributed by atoms with van der Waals surface area (Å²) in [5.41, 5.74) is 11.1. The van der Waals surface area contributed by atoms with Crippen molar-refractivity contribution < 1.29 is 5.11 Å². The number of benzene rings is 1. The number of piperazine rings is 1. The second kappa shape index (κ2) is 10.3. The Hall–Kier alpha value is -3.83. The van der Waals surface area contributed by atoms with Crippen LogP contribution in [0.5, 0.6) is 5.75 Å². The predicted octanol–water partition coefficient (Wildman–Crippen LogP) is 4.30. The molecular weight excluding hydrogens is 498 g/mol. The zero-order valence-corrected chi connectivity index (χ0v) is 23.0. The maximum Gasteiger partial charge on any atom is 0.169 e. The number of hydrogen-bond donors (Lipinski definition) is 2. The molecule has 2 aromatic heterocycles. The third kappa shape index (κ3) is 4.73. The summed E-state index contributed by atoms with van der Waals surface area (Å²) in [6.07, 6.45) is 11.1. The van der Waals surface area contributed by atoms with Gasteiger partial charge in [0.1, 0.15) is 11.4 Å². The molecule has 1 spiro atoms. The highest BCUT2D eigenvalue weighted by Gasteiger charge is 2.41. The van der Waals surface area contributed by atoms with Crippen molar-refractivity contribution in [3.63, 3.8) is 0 Å². The first-order valence-corrected chi connectivity index (χ1v) is 14.7. The molecule has 4 fully saturated rings. The predicted molar refractivity (Wildman–Crippen MR) is 158 cm³/mol. The standard InChI is InChI=1S/C32H37N7O/c33-31-29(19-28(35-36-31)27-7-1-2-8-30(27)40)38-20-25-9-10-26(21-38)39(25)24-11-15-34-23(18-24)6-5-16-37-17-14-32(22-37)12-3-4-13-32/h1-2,7-8,11,15,18-19,25-26,40H,3-4,9-10,12-14,16-17,20-22H2,(H2,33,36). The number of pyridine rings is 1. The lowest BCUT2D eigenvalue weighted by molar-refractivity contribution is 0.278. The third-order valence-electron chi connectivity index (χ3n) is 9.55. The summed E-state index contributed by atoms with van der Waals surface area (Å²) in [5.74, 6) is 7.38. The van der Waals surface area contributed by atoms with Crippen molar-refractivity contribution in [2.75, 3.05) is 48.3 Å². The Morgan fingerprint density at radius 3 is 2.60 bits per heavy atom. The molecule has 4 aliphatic rings. The molecule has 3 N–H and O–H groups in total. The largest absolute Gasteiger partial charge is 0.507 e. The fourth-order valence-corrected chi connectivity index (χ4v) is 7.57. The minimum Gasteiger partial charge on any atom is -0.507 e. The van der Waals surface area contributed by atoms with Crippen LogP contribution < -0.4 is 15.5 Å². The number of hydrogen-bond acceptors (Lipinski definition) is 8. The Morgan fingerprint density at radius 2 is 1.80 bits per heavy atom. The number of nitrogens with two attached hydrogens (primary N) is 1. The molecule has 3 saturated heterocycles. The lowest BCUT2D eigenvalue weighted by Crippen LogP contribution is -2.54. The molecular formula is C32H37N7O. The zero-order chi connectivity index (χ0) is 27.1. The van der Waals surface area contributed by atoms with E-state index in [0.29, 0.717) is 34.6 Å². The van der Waals surface area contributed by atoms with E-state index in [9.17, 15) is 5.11 Å². The van der Waals surface area contributed by atoms with Gasteiger partial charge < -0.3 is 20.6 Å². The van der Waals surface area contributed by atoms with E-state index in [-0.39, 0.29) is 5.75 Å². The van der Waals surface area contributed by atoms with Gasteiger partial charge in [-0.3, -0.25) is 4.90 Å². The van der Waals surface area contributed by atoms with Crippen LogP contribution in [0.3, 0.4) is 0 Å². The topological polar surface area (TPSA) is 94.6 Å². The molecule has 7 rings (SSSR count). The molecule has 1 aromatic carbocycles. The number of likely N-dealkylation sites (tertiary alicyclic amines) is 1. The Balaban J connectivity index is 1.05. The van der Waals surface area contributed by atoms with E-state index in [4.69, 9.17) is 5.73 Å². The summed E-state index contributed by atoms with van der Waals surface area (Å²) >= 11 is 0. The van der Waals surface area contributed by atoms with Crippen molar-refractivity contribution in [2.45, 2.75) is 57.0 Å². The molecule has 2 unspecified atom stereocenters. The van der Waals surface area contributed by atoms with Gasteiger partial charge in [0.15, 0.2) is 5.82 Å². The van der Waals surface area contributed by atoms with Crippen LogP contribution in [0.4, 0.5) is 17.2 Å². The third-order valence-corrected chi connectivity index (χ3v) is 9.55. The van der Waals surface area contributed by atoms with Gasteiger partial charge in [-0.2, -0.15) is 0 Å². The number of aromatic nitrogens is 3. The van der Waals surface area contributed by atoms with Gasteiger partial charge in [0, 0.05) is 49.2 Å². The van der Waals surface area contributed by atoms with Crippen LogP contribution in [0.25, 0.3) is 11.3 Å². The molecule has 2 atom stereocenters. The molecule has 2 bridgehead atoms. The second-order valence-corrected chi connectivity index (χ2v) is 12.1. The number of rotatable bonds is 4. The molecule has 3 aromatic rings. The number of phenols is 1. The zero-order valence-electron chi connectivity index (χ0n) is 23.0. The van der Waals surface area contributed by atoms with Crippen LogP contribution in [-0.2, 0) is 0 Å². The van der Waals surface area contributed by atoms with Crippen LogP contribution in [-0.4, -0.2) is 70.0 Å². The number of para-hydroxylation sites is 1. The van der Waals surface area contributed by atoms with Gasteiger partial charge in [-0.25, -0.2) is 4.98 Å². The summed E-state index contributed by atoms with van der Waals surface area (Å²) < 4.78 is 0. The van der Waals surface area contributed by atoms with Crippen molar-refractivity contribution in [3.8, 4) is 28.8 Å². The Morgan fingerprint density at radius 1 is 1.00 bits per heavy atom. The van der Waals surface area contributed by atoms with Crippen LogP contribution in [0.2, 0.25) is 0 Å². The minimum absolute atomic E-state index is 0.187. The highest BCUT2D eigenvalue weighted by atomic mass is 16.3. The van der Waals surface area contributed by atoms with Gasteiger partial charge in [0.2, 0.25) is 0 Å². The maximum atomic E-state index is 10.3. The number of anilines is 3. The molecule has 8 nitrogen and oxygen atoms in total. The normalized spacial score (nSPS) is 23.5. The molecule has 5 heterocycles. The van der Waals surface area contributed by atoms with Gasteiger partial charge in [0.05, 0.1) is 17.9 Å². The van der Waals surface area contributed by atoms with Crippen LogP contribution in [0, 0.1) is 17.3 Å². The van der Waals surface area contributed by atoms with Gasteiger partial charge >= 0.3 is 0 Å². The van der Waals surface area contributed by atoms with E-state index in [1.165, 1.54) is 50.9 Å². The molecule has 40 heavy (non-hydrogen) atoms. The van der Waals surface area contributed by atoms with E-state index >= 15 is 0 Å². The van der Waals surface area contributed by atoms with Crippen molar-refractivity contribution in [2.24, 2.45) is 5.41 Å². The monoisotopic (exact) mass is 535 g/mol. The highest BCUT2D eigenvalue weighted by molar-refractivity contribution is 5.74. The van der Waals surface area contributed by atoms with Crippen LogP contribution in [0.1, 0.15) is 50.6 Å². The number of nitrogens with zero attached hydrogens (tertiary/aromatic N) is 6. The smallest absolute Gasteiger partial charge is 0.169 e. The number of phenolic OH excluding ortho intramolecular Hbond substituents is 1. The first kappa shape index (κ1) is 25.2. The average Bonchev–Trinajstić information content (AvgIpc) is 3.67. The quantitative estimate of drug-likeness (QED) is 0.478. The summed E-state index contributed by atoms with van der Waals surface area (Å²) in [6, 6.07) is 14.2. The molecule has 8 heteroatoms. The van der Waals surface area contributed by atoms with Crippen LogP contribution >= 0.6 is 0 Å². The van der Waals surface area contributed by atoms with E-state index in [2.05, 4.69) is 53.9 Å². The van der Waals surface area contributed by atoms with Crippen molar-refractivity contribution >= 4 is 17.2 Å². The van der Waals surface area contributed by atoms with Crippen molar-refractivity contribution in [1.29, 1.82) is 0 Å². The first-order chi connectivity index (χ1) is 19.6. The van der Waals surface area contributed by atoms with Crippen molar-refractivity contribution in [3.05, 3.63) is 54.4 Å². The fraction of sp³-hybridized carbons (Fsp3) is 0.469. The molecule has 0 radical (unpaired) electrons. The number of fused-ring (bicyclic) bond motifs is 2. The van der Waals surface area contributed by atoms with Gasteiger partial charge in [-0.05, 0) is 80.3 Å². The molecule has 0 amide bonds. The van der Waals surface area contributed by atoms with Crippen LogP contribution in [0.15, 0.2) is 48.7 Å². The SMILES string of the molecule is Nc1nnc(-c2ccccc2O)cc1N1CC2CCC(C1)N2c1ccnc(C#CCN2CCC3(CCCC3)C2)c1. The van der Waals surface area contributed by atoms with E-state index in [1.807, 2.05) is 24.4 Å². The minimum atomic E-state index is 0.187. The van der Waals surface area contributed by atoms with Crippen molar-refractivity contribution in [1.82, 2.24) is 20.1 Å². The van der Waals surface area contributed by atoms with Gasteiger partial charge in [-0.1, -0.05) is 30.9 Å². The summed E-state index contributed by atoms with van der Waals surface area (Å²) in [4.78, 5) is 12.0. The van der Waals surface area contributed by atoms with E-state index < -0.39 is 0 Å². The van der Waals surface area contributed by atoms with Gasteiger partial charge in [0.25, 0.3) is 0 Å². The molecule has 1 aliphatic carbocycles. The maximum absolute atomic E-state index is 10.3.